The molecule has 2 N–H and O–H groups in total. The van der Waals surface area contributed by atoms with E-state index in [4.69, 9.17) is 5.21 Å². The van der Waals surface area contributed by atoms with Crippen LogP contribution in [0.4, 0.5) is 0 Å². The number of amides is 1. The first-order chi connectivity index (χ1) is 10.7. The summed E-state index contributed by atoms with van der Waals surface area (Å²) < 4.78 is 0. The van der Waals surface area contributed by atoms with Crippen molar-refractivity contribution in [3.63, 3.8) is 0 Å². The minimum Gasteiger partial charge on any atom is -0.294 e. The quantitative estimate of drug-likeness (QED) is 0.650. The summed E-state index contributed by atoms with van der Waals surface area (Å²) in [5.41, 5.74) is 5.03. The van der Waals surface area contributed by atoms with E-state index in [-0.39, 0.29) is 0 Å². The molecule has 22 heavy (non-hydrogen) atoms. The predicted molar refractivity (Wildman–Crippen MR) is 81.5 cm³/mol. The lowest BCUT2D eigenvalue weighted by Crippen LogP contribution is -2.40. The number of rotatable bonds is 2. The van der Waals surface area contributed by atoms with E-state index in [1.807, 2.05) is 6.07 Å². The summed E-state index contributed by atoms with van der Waals surface area (Å²) in [7, 11) is 0. The molecule has 1 aliphatic heterocycles. The van der Waals surface area contributed by atoms with Gasteiger partial charge < -0.3 is 0 Å². The van der Waals surface area contributed by atoms with E-state index < -0.39 is 5.91 Å². The minimum atomic E-state index is -0.486. The van der Waals surface area contributed by atoms with Gasteiger partial charge in [0.15, 0.2) is 0 Å². The number of fused-ring (bicyclic) bond motifs is 1. The SMILES string of the molecule is O=C(NO)c1cnc2c(c1)CCN([C@H]1CCC3(CCC3)C1)C2. The molecule has 2 fully saturated rings. The van der Waals surface area contributed by atoms with Crippen LogP contribution in [0.5, 0.6) is 0 Å². The maximum absolute atomic E-state index is 11.5. The van der Waals surface area contributed by atoms with E-state index in [2.05, 4.69) is 9.88 Å². The fraction of sp³-hybridized carbons (Fsp3) is 0.647. The average molecular weight is 301 g/mol. The van der Waals surface area contributed by atoms with Crippen molar-refractivity contribution in [3.8, 4) is 0 Å². The molecule has 0 bridgehead atoms. The number of hydroxylamine groups is 1. The van der Waals surface area contributed by atoms with E-state index in [9.17, 15) is 4.79 Å². The Hall–Kier alpha value is -1.46. The molecule has 1 atom stereocenters. The molecule has 1 aromatic rings. The van der Waals surface area contributed by atoms with Gasteiger partial charge >= 0.3 is 0 Å². The number of carbonyl (C=O) groups excluding carboxylic acids is 1. The molecule has 1 aromatic heterocycles. The molecule has 0 unspecified atom stereocenters. The van der Waals surface area contributed by atoms with E-state index in [1.54, 1.807) is 11.7 Å². The van der Waals surface area contributed by atoms with Gasteiger partial charge in [0.05, 0.1) is 11.3 Å². The number of pyridine rings is 1. The van der Waals surface area contributed by atoms with Crippen molar-refractivity contribution < 1.29 is 10.0 Å². The first-order valence-corrected chi connectivity index (χ1v) is 8.35. The Balaban J connectivity index is 1.47. The fourth-order valence-corrected chi connectivity index (χ4v) is 4.55. The third kappa shape index (κ3) is 2.32. The van der Waals surface area contributed by atoms with Crippen LogP contribution in [0.1, 0.15) is 60.1 Å². The maximum atomic E-state index is 11.5. The van der Waals surface area contributed by atoms with Gasteiger partial charge in [-0.15, -0.1) is 0 Å². The van der Waals surface area contributed by atoms with Gasteiger partial charge in [0, 0.05) is 25.3 Å². The topological polar surface area (TPSA) is 65.5 Å². The molecular weight excluding hydrogens is 278 g/mol. The Morgan fingerprint density at radius 1 is 1.41 bits per heavy atom. The largest absolute Gasteiger partial charge is 0.294 e. The van der Waals surface area contributed by atoms with Crippen LogP contribution in [0.2, 0.25) is 0 Å². The number of carbonyl (C=O) groups is 1. The van der Waals surface area contributed by atoms with Gasteiger partial charge in [-0.2, -0.15) is 0 Å². The van der Waals surface area contributed by atoms with Crippen LogP contribution in [0.3, 0.4) is 0 Å². The number of hydrogen-bond donors (Lipinski definition) is 2. The van der Waals surface area contributed by atoms with Crippen molar-refractivity contribution in [2.24, 2.45) is 5.41 Å². The molecule has 2 saturated carbocycles. The Morgan fingerprint density at radius 2 is 2.27 bits per heavy atom. The second-order valence-corrected chi connectivity index (χ2v) is 7.24. The number of hydrogen-bond acceptors (Lipinski definition) is 4. The first-order valence-electron chi connectivity index (χ1n) is 8.35. The van der Waals surface area contributed by atoms with Gasteiger partial charge in [0.1, 0.15) is 0 Å². The molecule has 0 aromatic carbocycles. The van der Waals surface area contributed by atoms with Crippen molar-refractivity contribution in [1.29, 1.82) is 0 Å². The highest BCUT2D eigenvalue weighted by Gasteiger charge is 2.45. The maximum Gasteiger partial charge on any atom is 0.276 e. The minimum absolute atomic E-state index is 0.434. The molecule has 2 aliphatic carbocycles. The lowest BCUT2D eigenvalue weighted by atomic mass is 9.67. The van der Waals surface area contributed by atoms with E-state index in [0.717, 1.165) is 36.8 Å². The molecule has 3 aliphatic rings. The van der Waals surface area contributed by atoms with Gasteiger partial charge in [-0.05, 0) is 55.6 Å². The average Bonchev–Trinajstić information content (AvgIpc) is 2.99. The molecule has 5 heteroatoms. The van der Waals surface area contributed by atoms with Crippen LogP contribution in [0.15, 0.2) is 12.3 Å². The highest BCUT2D eigenvalue weighted by Crippen LogP contribution is 2.54. The van der Waals surface area contributed by atoms with E-state index in [0.29, 0.717) is 11.0 Å². The number of nitrogens with zero attached hydrogens (tertiary/aromatic N) is 2. The van der Waals surface area contributed by atoms with Gasteiger partial charge in [0.2, 0.25) is 0 Å². The van der Waals surface area contributed by atoms with Crippen molar-refractivity contribution in [3.05, 3.63) is 29.1 Å². The smallest absolute Gasteiger partial charge is 0.276 e. The highest BCUT2D eigenvalue weighted by atomic mass is 16.5. The lowest BCUT2D eigenvalue weighted by molar-refractivity contribution is 0.0705. The molecule has 118 valence electrons. The Bertz CT molecular complexity index is 598. The summed E-state index contributed by atoms with van der Waals surface area (Å²) in [6.07, 6.45) is 10.9. The number of nitrogens with one attached hydrogen (secondary N) is 1. The van der Waals surface area contributed by atoms with Gasteiger partial charge in [0.25, 0.3) is 5.91 Å². The van der Waals surface area contributed by atoms with Crippen LogP contribution in [0.25, 0.3) is 0 Å². The third-order valence-electron chi connectivity index (χ3n) is 6.05. The number of aromatic nitrogens is 1. The zero-order chi connectivity index (χ0) is 15.2. The summed E-state index contributed by atoms with van der Waals surface area (Å²) in [6.45, 7) is 1.96. The van der Waals surface area contributed by atoms with Gasteiger partial charge in [-0.3, -0.25) is 19.9 Å². The Morgan fingerprint density at radius 3 is 2.95 bits per heavy atom. The normalized spacial score (nSPS) is 26.5. The van der Waals surface area contributed by atoms with Crippen molar-refractivity contribution in [1.82, 2.24) is 15.4 Å². The van der Waals surface area contributed by atoms with Gasteiger partial charge in [-0.1, -0.05) is 6.42 Å². The molecule has 1 spiro atoms. The van der Waals surface area contributed by atoms with Crippen LogP contribution < -0.4 is 5.48 Å². The molecule has 1 amide bonds. The van der Waals surface area contributed by atoms with Crippen molar-refractivity contribution in [2.45, 2.75) is 57.5 Å². The second kappa shape index (κ2) is 5.32. The second-order valence-electron chi connectivity index (χ2n) is 7.24. The van der Waals surface area contributed by atoms with Crippen molar-refractivity contribution >= 4 is 5.91 Å². The monoisotopic (exact) mass is 301 g/mol. The molecule has 4 rings (SSSR count). The van der Waals surface area contributed by atoms with Crippen LogP contribution >= 0.6 is 0 Å². The summed E-state index contributed by atoms with van der Waals surface area (Å²) >= 11 is 0. The molecule has 0 radical (unpaired) electrons. The van der Waals surface area contributed by atoms with Crippen molar-refractivity contribution in [2.75, 3.05) is 6.54 Å². The summed E-state index contributed by atoms with van der Waals surface area (Å²) in [5, 5.41) is 8.72. The fourth-order valence-electron chi connectivity index (χ4n) is 4.55. The molecule has 2 heterocycles. The van der Waals surface area contributed by atoms with E-state index >= 15 is 0 Å². The molecule has 5 nitrogen and oxygen atoms in total. The van der Waals surface area contributed by atoms with Crippen LogP contribution in [-0.4, -0.2) is 33.6 Å². The summed E-state index contributed by atoms with van der Waals surface area (Å²) in [4.78, 5) is 18.5. The third-order valence-corrected chi connectivity index (χ3v) is 6.05. The zero-order valence-corrected chi connectivity index (χ0v) is 12.8. The predicted octanol–water partition coefficient (Wildman–Crippen LogP) is 2.28. The molecule has 0 saturated heterocycles. The van der Waals surface area contributed by atoms with Gasteiger partial charge in [-0.25, -0.2) is 5.48 Å². The molecular formula is C17H23N3O2. The summed E-state index contributed by atoms with van der Waals surface area (Å²) in [6, 6.07) is 2.59. The van der Waals surface area contributed by atoms with Crippen LogP contribution in [-0.2, 0) is 13.0 Å². The van der Waals surface area contributed by atoms with E-state index in [1.165, 1.54) is 38.5 Å². The zero-order valence-electron chi connectivity index (χ0n) is 12.8. The standard InChI is InChI=1S/C17H23N3O2/c21-16(19-22)13-8-12-3-7-20(11-15(12)18-10-13)14-2-6-17(9-14)4-1-5-17/h8,10,14,22H,1-7,9,11H2,(H,19,21)/t14-/m0/s1. The lowest BCUT2D eigenvalue weighted by Gasteiger charge is -2.40. The Kier molecular flexibility index (Phi) is 3.42. The van der Waals surface area contributed by atoms with Crippen LogP contribution in [0, 0.1) is 5.41 Å². The highest BCUT2D eigenvalue weighted by molar-refractivity contribution is 5.93. The summed E-state index contributed by atoms with van der Waals surface area (Å²) in [5.74, 6) is -0.486. The Labute approximate surface area is 130 Å². The first kappa shape index (κ1) is 14.2.